The van der Waals surface area contributed by atoms with Gasteiger partial charge >= 0.3 is 1.43 Å². The van der Waals surface area contributed by atoms with Crippen LogP contribution in [0.4, 0.5) is 0 Å². The Morgan fingerprint density at radius 1 is 1.21 bits per heavy atom. The number of nitrogens with two attached hydrogens (primary N) is 1. The molecule has 0 spiro atoms. The van der Waals surface area contributed by atoms with Crippen molar-refractivity contribution >= 4 is 5.78 Å². The zero-order valence-electron chi connectivity index (χ0n) is 12.2. The van der Waals surface area contributed by atoms with E-state index >= 15 is 0 Å². The molecule has 1 aromatic carbocycles. The Kier molecular flexibility index (Phi) is 5.63. The van der Waals surface area contributed by atoms with Crippen LogP contribution in [0, 0.1) is 0 Å². The molecule has 0 aromatic heterocycles. The van der Waals surface area contributed by atoms with E-state index in [9.17, 15) is 4.79 Å². The molecule has 2 N–H and O–H groups in total. The minimum atomic E-state index is -0.322. The molecule has 0 bridgehead atoms. The molecule has 4 nitrogen and oxygen atoms in total. The number of halogens is 1. The van der Waals surface area contributed by atoms with Crippen LogP contribution in [0.15, 0.2) is 18.2 Å². The molecule has 2 rings (SSSR count). The molecule has 0 radical (unpaired) electrons. The SMILES string of the molecule is COc1ccc(C2CCCC(N)C2=O)cc1OC.[Cl-].[H+]. The van der Waals surface area contributed by atoms with Gasteiger partial charge < -0.3 is 27.6 Å². The highest BCUT2D eigenvalue weighted by Crippen LogP contribution is 2.35. The Labute approximate surface area is 121 Å². The van der Waals surface area contributed by atoms with E-state index in [-0.39, 0.29) is 31.6 Å². The highest BCUT2D eigenvalue weighted by atomic mass is 35.5. The third-order valence-corrected chi connectivity index (χ3v) is 3.53. The first kappa shape index (κ1) is 15.8. The Balaban J connectivity index is 0.00000180. The van der Waals surface area contributed by atoms with E-state index in [4.69, 9.17) is 15.2 Å². The lowest BCUT2D eigenvalue weighted by Crippen LogP contribution is -3.00. The van der Waals surface area contributed by atoms with Crippen LogP contribution in [0.25, 0.3) is 0 Å². The van der Waals surface area contributed by atoms with Gasteiger partial charge in [0, 0.05) is 5.92 Å². The molecule has 1 saturated carbocycles. The first-order valence-electron chi connectivity index (χ1n) is 6.18. The molecular weight excluding hydrogens is 266 g/mol. The Bertz CT molecular complexity index is 456. The van der Waals surface area contributed by atoms with E-state index in [0.29, 0.717) is 11.5 Å². The largest absolute Gasteiger partial charge is 1.00 e. The van der Waals surface area contributed by atoms with Gasteiger partial charge in [-0.2, -0.15) is 0 Å². The standard InChI is InChI=1S/C14H19NO3.ClH/c1-17-12-7-6-9(8-13(12)18-2)10-4-3-5-11(15)14(10)16;/h6-8,10-11H,3-5,15H2,1-2H3;1H. The van der Waals surface area contributed by atoms with Crippen LogP contribution in [0.1, 0.15) is 32.2 Å². The van der Waals surface area contributed by atoms with E-state index in [1.807, 2.05) is 18.2 Å². The second-order valence-electron chi connectivity index (χ2n) is 4.61. The van der Waals surface area contributed by atoms with Crippen molar-refractivity contribution in [3.63, 3.8) is 0 Å². The molecule has 0 aliphatic heterocycles. The number of methoxy groups -OCH3 is 2. The van der Waals surface area contributed by atoms with Crippen molar-refractivity contribution in [3.8, 4) is 11.5 Å². The van der Waals surface area contributed by atoms with Gasteiger partial charge in [-0.1, -0.05) is 12.5 Å². The molecule has 0 saturated heterocycles. The lowest BCUT2D eigenvalue weighted by atomic mass is 9.80. The van der Waals surface area contributed by atoms with Crippen molar-refractivity contribution in [3.05, 3.63) is 23.8 Å². The summed E-state index contributed by atoms with van der Waals surface area (Å²) in [5, 5.41) is 0. The van der Waals surface area contributed by atoms with Gasteiger partial charge in [0.1, 0.15) is 0 Å². The van der Waals surface area contributed by atoms with Gasteiger partial charge in [-0.3, -0.25) is 4.79 Å². The summed E-state index contributed by atoms with van der Waals surface area (Å²) in [6.45, 7) is 0. The maximum Gasteiger partial charge on any atom is 1.00 e. The maximum absolute atomic E-state index is 12.1. The highest BCUT2D eigenvalue weighted by molar-refractivity contribution is 5.91. The van der Waals surface area contributed by atoms with Gasteiger partial charge in [-0.05, 0) is 30.5 Å². The van der Waals surface area contributed by atoms with Gasteiger partial charge in [0.2, 0.25) is 0 Å². The van der Waals surface area contributed by atoms with Gasteiger partial charge in [0.15, 0.2) is 17.3 Å². The average molecular weight is 286 g/mol. The number of benzene rings is 1. The first-order chi connectivity index (χ1) is 8.67. The number of carbonyl (C=O) groups excluding carboxylic acids is 1. The van der Waals surface area contributed by atoms with Crippen molar-refractivity contribution in [2.75, 3.05) is 14.2 Å². The zero-order valence-corrected chi connectivity index (χ0v) is 11.9. The molecule has 1 aromatic rings. The summed E-state index contributed by atoms with van der Waals surface area (Å²) in [5.74, 6) is 1.36. The molecule has 2 atom stereocenters. The maximum atomic E-state index is 12.1. The van der Waals surface area contributed by atoms with E-state index in [1.165, 1.54) is 0 Å². The topological polar surface area (TPSA) is 61.5 Å². The predicted octanol–water partition coefficient (Wildman–Crippen LogP) is -1.02. The molecule has 106 valence electrons. The normalized spacial score (nSPS) is 22.6. The first-order valence-corrected chi connectivity index (χ1v) is 6.18. The molecule has 1 aliphatic rings. The molecule has 1 aliphatic carbocycles. The highest BCUT2D eigenvalue weighted by Gasteiger charge is 2.30. The summed E-state index contributed by atoms with van der Waals surface area (Å²) in [4.78, 5) is 12.1. The van der Waals surface area contributed by atoms with Crippen LogP contribution < -0.4 is 27.6 Å². The van der Waals surface area contributed by atoms with Gasteiger partial charge in [0.05, 0.1) is 20.3 Å². The fourth-order valence-electron chi connectivity index (χ4n) is 2.49. The smallest absolute Gasteiger partial charge is 1.00 e. The molecule has 5 heteroatoms. The second-order valence-corrected chi connectivity index (χ2v) is 4.61. The van der Waals surface area contributed by atoms with Crippen LogP contribution in [0.3, 0.4) is 0 Å². The quantitative estimate of drug-likeness (QED) is 0.773. The Morgan fingerprint density at radius 2 is 1.89 bits per heavy atom. The van der Waals surface area contributed by atoms with Crippen LogP contribution in [-0.2, 0) is 4.79 Å². The minimum absolute atomic E-state index is 0. The summed E-state index contributed by atoms with van der Waals surface area (Å²) < 4.78 is 10.5. The van der Waals surface area contributed by atoms with Crippen LogP contribution in [0.5, 0.6) is 11.5 Å². The van der Waals surface area contributed by atoms with E-state index in [1.54, 1.807) is 14.2 Å². The third kappa shape index (κ3) is 3.19. The Morgan fingerprint density at radius 3 is 2.53 bits per heavy atom. The number of rotatable bonds is 3. The summed E-state index contributed by atoms with van der Waals surface area (Å²) >= 11 is 0. The van der Waals surface area contributed by atoms with E-state index in [0.717, 1.165) is 24.8 Å². The van der Waals surface area contributed by atoms with E-state index < -0.39 is 0 Å². The molecule has 2 unspecified atom stereocenters. The summed E-state index contributed by atoms with van der Waals surface area (Å²) in [7, 11) is 3.19. The number of Topliss-reactive ketones (excluding diaryl/α,β-unsaturated/α-hetero) is 1. The van der Waals surface area contributed by atoms with Gasteiger partial charge in [-0.15, -0.1) is 0 Å². The molecule has 0 amide bonds. The van der Waals surface area contributed by atoms with E-state index in [2.05, 4.69) is 0 Å². The summed E-state index contributed by atoms with van der Waals surface area (Å²) in [6.07, 6.45) is 2.65. The minimum Gasteiger partial charge on any atom is -1.00 e. The van der Waals surface area contributed by atoms with Crippen molar-refractivity contribution in [1.29, 1.82) is 0 Å². The van der Waals surface area contributed by atoms with Crippen molar-refractivity contribution in [2.24, 2.45) is 5.73 Å². The zero-order chi connectivity index (χ0) is 13.1. The number of ether oxygens (including phenoxy) is 2. The monoisotopic (exact) mass is 285 g/mol. The predicted molar refractivity (Wildman–Crippen MR) is 70.2 cm³/mol. The number of hydrogen-bond acceptors (Lipinski definition) is 4. The fraction of sp³-hybridized carbons (Fsp3) is 0.500. The average Bonchev–Trinajstić information content (AvgIpc) is 2.41. The molecular formula is C14H20ClNO3. The fourth-order valence-corrected chi connectivity index (χ4v) is 2.49. The number of carbonyl (C=O) groups is 1. The van der Waals surface area contributed by atoms with Crippen LogP contribution >= 0.6 is 0 Å². The number of hydrogen-bond donors (Lipinski definition) is 1. The van der Waals surface area contributed by atoms with Crippen molar-refractivity contribution in [2.45, 2.75) is 31.2 Å². The van der Waals surface area contributed by atoms with Gasteiger partial charge in [0.25, 0.3) is 0 Å². The third-order valence-electron chi connectivity index (χ3n) is 3.53. The molecule has 1 fully saturated rings. The second kappa shape index (κ2) is 6.78. The summed E-state index contributed by atoms with van der Waals surface area (Å²) in [5.41, 5.74) is 6.79. The van der Waals surface area contributed by atoms with Crippen molar-refractivity contribution in [1.82, 2.24) is 0 Å². The van der Waals surface area contributed by atoms with Crippen LogP contribution in [-0.4, -0.2) is 26.0 Å². The van der Waals surface area contributed by atoms with Crippen LogP contribution in [0.2, 0.25) is 0 Å². The Hall–Kier alpha value is -1.26. The molecule has 19 heavy (non-hydrogen) atoms. The summed E-state index contributed by atoms with van der Waals surface area (Å²) in [6, 6.07) is 5.31. The van der Waals surface area contributed by atoms with Crippen molar-refractivity contribution < 1.29 is 28.1 Å². The lowest BCUT2D eigenvalue weighted by Gasteiger charge is -2.26. The van der Waals surface area contributed by atoms with Gasteiger partial charge in [-0.25, -0.2) is 0 Å². The molecule has 0 heterocycles. The lowest BCUT2D eigenvalue weighted by molar-refractivity contribution is -0.123. The number of ketones is 1.